The second-order valence-corrected chi connectivity index (χ2v) is 14.8. The van der Waals surface area contributed by atoms with Gasteiger partial charge in [0.15, 0.2) is 0 Å². The number of aromatic amines is 2. The van der Waals surface area contributed by atoms with E-state index in [1.54, 1.807) is 4.90 Å². The number of carbonyl (C=O) groups is 2. The minimum Gasteiger partial charge on any atom is -0.465 e. The van der Waals surface area contributed by atoms with E-state index in [9.17, 15) is 14.7 Å². The molecule has 0 aliphatic carbocycles. The quantitative estimate of drug-likeness (QED) is 0.120. The van der Waals surface area contributed by atoms with Gasteiger partial charge in [-0.15, -0.1) is 0 Å². The van der Waals surface area contributed by atoms with Crippen molar-refractivity contribution in [3.63, 3.8) is 0 Å². The number of nitrogens with zero attached hydrogens (tertiary/aromatic N) is 6. The number of amides is 2. The van der Waals surface area contributed by atoms with E-state index in [2.05, 4.69) is 94.3 Å². The fourth-order valence-electron chi connectivity index (χ4n) is 8.70. The second kappa shape index (κ2) is 15.6. The number of likely N-dealkylation sites (tertiary alicyclic amines) is 3. The second-order valence-electron chi connectivity index (χ2n) is 14.8. The Bertz CT molecular complexity index is 2040. The lowest BCUT2D eigenvalue weighted by Crippen LogP contribution is -2.55. The number of rotatable bonds is 12. The summed E-state index contributed by atoms with van der Waals surface area (Å²) >= 11 is 0. The molecule has 0 spiro atoms. The Kier molecular flexibility index (Phi) is 10.3. The van der Waals surface area contributed by atoms with Crippen LogP contribution in [-0.4, -0.2) is 102 Å². The van der Waals surface area contributed by atoms with Crippen LogP contribution in [0, 0.1) is 0 Å². The maximum atomic E-state index is 14.2. The van der Waals surface area contributed by atoms with Gasteiger partial charge in [-0.2, -0.15) is 0 Å². The Labute approximate surface area is 317 Å². The largest absolute Gasteiger partial charge is 0.465 e. The molecule has 2 aromatic heterocycles. The summed E-state index contributed by atoms with van der Waals surface area (Å²) in [6.45, 7) is 8.92. The van der Waals surface area contributed by atoms with E-state index in [1.165, 1.54) is 0 Å². The smallest absolute Gasteiger partial charge is 0.407 e. The Morgan fingerprint density at radius 3 is 1.83 bits per heavy atom. The SMILES string of the molecule is CCN(CC)[C@@H](C(=O)N1CCC[C@H]1c1ncc(-c2ccc(-c3ccc(-c4cnc([C@@H]5CCCN5C[C@@H]5CCN5C(=O)O)[nH]4)cc3)cc2)[nH]1)c1ccccc1. The first-order valence-electron chi connectivity index (χ1n) is 19.6. The van der Waals surface area contributed by atoms with Gasteiger partial charge in [0.25, 0.3) is 0 Å². The summed E-state index contributed by atoms with van der Waals surface area (Å²) in [7, 11) is 0. The summed E-state index contributed by atoms with van der Waals surface area (Å²) in [6.07, 6.45) is 7.85. The molecule has 2 amide bonds. The van der Waals surface area contributed by atoms with Gasteiger partial charge >= 0.3 is 6.09 Å². The van der Waals surface area contributed by atoms with E-state index in [-0.39, 0.29) is 30.1 Å². The van der Waals surface area contributed by atoms with Crippen molar-refractivity contribution >= 4 is 12.0 Å². The molecule has 3 fully saturated rings. The summed E-state index contributed by atoms with van der Waals surface area (Å²) < 4.78 is 0. The van der Waals surface area contributed by atoms with Crippen molar-refractivity contribution in [2.24, 2.45) is 0 Å². The fraction of sp³-hybridized carbons (Fsp3) is 0.395. The zero-order valence-corrected chi connectivity index (χ0v) is 31.2. The first-order valence-corrected chi connectivity index (χ1v) is 19.6. The number of likely N-dealkylation sites (N-methyl/N-ethyl adjacent to an activating group) is 1. The third-order valence-electron chi connectivity index (χ3n) is 11.8. The molecule has 8 rings (SSSR count). The summed E-state index contributed by atoms with van der Waals surface area (Å²) in [5.74, 6) is 1.94. The highest BCUT2D eigenvalue weighted by Crippen LogP contribution is 2.37. The molecule has 5 aromatic rings. The van der Waals surface area contributed by atoms with Crippen LogP contribution in [0.15, 0.2) is 91.3 Å². The third kappa shape index (κ3) is 7.05. The number of carbonyl (C=O) groups excluding carboxylic acids is 1. The Balaban J connectivity index is 0.921. The fourth-order valence-corrected chi connectivity index (χ4v) is 8.70. The molecule has 3 N–H and O–H groups in total. The monoisotopic (exact) mass is 726 g/mol. The molecular formula is C43H50N8O3. The first kappa shape index (κ1) is 35.8. The van der Waals surface area contributed by atoms with Crippen molar-refractivity contribution in [2.45, 2.75) is 70.1 Å². The van der Waals surface area contributed by atoms with E-state index in [0.717, 1.165) is 116 Å². The lowest BCUT2D eigenvalue weighted by Gasteiger charge is -2.41. The lowest BCUT2D eigenvalue weighted by atomic mass is 10.0. The van der Waals surface area contributed by atoms with Crippen LogP contribution >= 0.6 is 0 Å². The number of H-pyrrole nitrogens is 2. The molecule has 3 aliphatic heterocycles. The van der Waals surface area contributed by atoms with Gasteiger partial charge < -0.3 is 24.9 Å². The number of imidazole rings is 2. The van der Waals surface area contributed by atoms with Crippen molar-refractivity contribution in [3.8, 4) is 33.6 Å². The summed E-state index contributed by atoms with van der Waals surface area (Å²) in [5, 5.41) is 9.43. The normalized spacial score (nSPS) is 20.8. The zero-order chi connectivity index (χ0) is 37.2. The van der Waals surface area contributed by atoms with Gasteiger partial charge in [0.2, 0.25) is 5.91 Å². The van der Waals surface area contributed by atoms with Crippen LogP contribution in [0.25, 0.3) is 33.6 Å². The predicted octanol–water partition coefficient (Wildman–Crippen LogP) is 7.77. The molecule has 0 saturated carbocycles. The average molecular weight is 727 g/mol. The van der Waals surface area contributed by atoms with Gasteiger partial charge in [0.05, 0.1) is 35.9 Å². The number of hydrogen-bond acceptors (Lipinski definition) is 6. The van der Waals surface area contributed by atoms with Crippen LogP contribution in [0.4, 0.5) is 4.79 Å². The van der Waals surface area contributed by atoms with Crippen molar-refractivity contribution in [1.29, 1.82) is 0 Å². The van der Waals surface area contributed by atoms with E-state index < -0.39 is 6.09 Å². The number of benzene rings is 3. The maximum Gasteiger partial charge on any atom is 0.407 e. The zero-order valence-electron chi connectivity index (χ0n) is 31.2. The number of nitrogens with one attached hydrogen (secondary N) is 2. The topological polar surface area (TPSA) is 125 Å². The predicted molar refractivity (Wildman–Crippen MR) is 210 cm³/mol. The molecule has 11 heteroatoms. The highest BCUT2D eigenvalue weighted by atomic mass is 16.4. The molecule has 5 heterocycles. The van der Waals surface area contributed by atoms with Crippen LogP contribution in [-0.2, 0) is 4.79 Å². The van der Waals surface area contributed by atoms with E-state index >= 15 is 0 Å². The van der Waals surface area contributed by atoms with Crippen LogP contribution < -0.4 is 0 Å². The van der Waals surface area contributed by atoms with Crippen molar-refractivity contribution in [3.05, 3.63) is 108 Å². The van der Waals surface area contributed by atoms with Gasteiger partial charge in [-0.05, 0) is 79.6 Å². The minimum atomic E-state index is -0.821. The molecule has 3 aliphatic rings. The molecule has 3 saturated heterocycles. The summed E-state index contributed by atoms with van der Waals surface area (Å²) in [5.41, 5.74) is 7.33. The average Bonchev–Trinajstić information content (AvgIpc) is 4.03. The van der Waals surface area contributed by atoms with Gasteiger partial charge in [-0.25, -0.2) is 14.8 Å². The molecule has 54 heavy (non-hydrogen) atoms. The Morgan fingerprint density at radius 1 is 0.722 bits per heavy atom. The third-order valence-corrected chi connectivity index (χ3v) is 11.8. The summed E-state index contributed by atoms with van der Waals surface area (Å²) in [6, 6.07) is 27.1. The molecule has 4 atom stereocenters. The molecule has 0 radical (unpaired) electrons. The minimum absolute atomic E-state index is 0.0763. The lowest BCUT2D eigenvalue weighted by molar-refractivity contribution is -0.138. The van der Waals surface area contributed by atoms with Crippen LogP contribution in [0.1, 0.15) is 81.3 Å². The number of hydrogen-bond donors (Lipinski definition) is 3. The van der Waals surface area contributed by atoms with Crippen LogP contribution in [0.3, 0.4) is 0 Å². The molecule has 280 valence electrons. The molecule has 0 unspecified atom stereocenters. The molecule has 3 aromatic carbocycles. The van der Waals surface area contributed by atoms with E-state index in [1.807, 2.05) is 35.5 Å². The first-order chi connectivity index (χ1) is 26.4. The van der Waals surface area contributed by atoms with Crippen LogP contribution in [0.2, 0.25) is 0 Å². The van der Waals surface area contributed by atoms with Crippen LogP contribution in [0.5, 0.6) is 0 Å². The van der Waals surface area contributed by atoms with Gasteiger partial charge in [0, 0.05) is 25.7 Å². The van der Waals surface area contributed by atoms with E-state index in [0.29, 0.717) is 6.54 Å². The van der Waals surface area contributed by atoms with Crippen molar-refractivity contribution in [2.75, 3.05) is 39.3 Å². The molecule has 0 bridgehead atoms. The Hall–Kier alpha value is -5.26. The number of aromatic nitrogens is 4. The Morgan fingerprint density at radius 2 is 1.28 bits per heavy atom. The highest BCUT2D eigenvalue weighted by molar-refractivity contribution is 5.84. The molecule has 11 nitrogen and oxygen atoms in total. The van der Waals surface area contributed by atoms with Crippen molar-refractivity contribution in [1.82, 2.24) is 39.5 Å². The molecular weight excluding hydrogens is 677 g/mol. The van der Waals surface area contributed by atoms with Gasteiger partial charge in [-0.1, -0.05) is 92.7 Å². The van der Waals surface area contributed by atoms with Crippen molar-refractivity contribution < 1.29 is 14.7 Å². The highest BCUT2D eigenvalue weighted by Gasteiger charge is 2.39. The van der Waals surface area contributed by atoms with Gasteiger partial charge in [0.1, 0.15) is 17.7 Å². The number of carboxylic acid groups (broad SMARTS) is 1. The van der Waals surface area contributed by atoms with E-state index in [4.69, 9.17) is 9.97 Å². The standard InChI is InChI=1S/C43H50N8O3/c1-3-48(4-2)39(33-10-6-5-7-11-33)42(52)51-24-9-13-38(51)41-45-27-36(47-41)32-20-16-30(17-21-32)29-14-18-31(19-15-29)35-26-44-40(46-35)37-12-8-23-49(37)28-34-22-25-50(34)43(53)54/h5-7,10-11,14-21,26-27,34,37-39H,3-4,8-9,12-13,22-25,28H2,1-2H3,(H,44,46)(H,45,47)(H,53,54)/t34-,37-,38-,39+/m0/s1. The maximum absolute atomic E-state index is 14.2. The van der Waals surface area contributed by atoms with Gasteiger partial charge in [-0.3, -0.25) is 14.6 Å². The summed E-state index contributed by atoms with van der Waals surface area (Å²) in [4.78, 5) is 50.6.